The first kappa shape index (κ1) is 19.0. The third kappa shape index (κ3) is 3.30. The number of rotatable bonds is 5. The second-order valence-corrected chi connectivity index (χ2v) is 7.98. The number of aromatic nitrogens is 4. The number of likely N-dealkylation sites (tertiary alicyclic amines) is 1. The Kier molecular flexibility index (Phi) is 5.06. The number of aryl methyl sites for hydroxylation is 1. The molecule has 0 spiro atoms. The molecule has 156 valence electrons. The van der Waals surface area contributed by atoms with Crippen LogP contribution in [0.15, 0.2) is 36.7 Å². The minimum Gasteiger partial charge on any atom is -0.355 e. The highest BCUT2D eigenvalue weighted by atomic mass is 19.1. The Bertz CT molecular complexity index is 1050. The topological polar surface area (TPSA) is 67.2 Å². The Hall–Kier alpha value is -3.03. The standard InChI is InChI=1S/C22H25FN6O/c23-8-13-29-18-7-3-2-6-17(18)26-21(29)22(30)28-14-16(15-28)19-20(25-10-9-24-19)27-11-4-1-5-12-27/h2-3,6-7,9-10,16H,1,4-5,8,11-15H2. The first-order valence-electron chi connectivity index (χ1n) is 10.6. The first-order valence-corrected chi connectivity index (χ1v) is 10.6. The van der Waals surface area contributed by atoms with Gasteiger partial charge in [-0.05, 0) is 31.4 Å². The van der Waals surface area contributed by atoms with Crippen molar-refractivity contribution in [3.8, 4) is 0 Å². The number of nitrogens with zero attached hydrogens (tertiary/aromatic N) is 6. The molecular formula is C22H25FN6O. The second kappa shape index (κ2) is 8.01. The number of benzene rings is 1. The number of alkyl halides is 1. The molecule has 30 heavy (non-hydrogen) atoms. The SMILES string of the molecule is O=C(c1nc2ccccc2n1CCF)N1CC(c2nccnc2N2CCCCC2)C1. The van der Waals surface area contributed by atoms with Crippen molar-refractivity contribution in [1.29, 1.82) is 0 Å². The average molecular weight is 408 g/mol. The average Bonchev–Trinajstić information content (AvgIpc) is 3.13. The van der Waals surface area contributed by atoms with E-state index in [0.717, 1.165) is 30.1 Å². The van der Waals surface area contributed by atoms with Gasteiger partial charge in [0.25, 0.3) is 5.91 Å². The lowest BCUT2D eigenvalue weighted by atomic mass is 9.95. The van der Waals surface area contributed by atoms with Crippen molar-refractivity contribution in [2.45, 2.75) is 31.7 Å². The Morgan fingerprint density at radius 3 is 2.63 bits per heavy atom. The van der Waals surface area contributed by atoms with Gasteiger partial charge in [0.2, 0.25) is 0 Å². The molecule has 0 N–H and O–H groups in total. The number of amides is 1. The quantitative estimate of drug-likeness (QED) is 0.649. The number of para-hydroxylation sites is 2. The third-order valence-electron chi connectivity index (χ3n) is 6.07. The molecule has 0 aliphatic carbocycles. The molecule has 8 heteroatoms. The van der Waals surface area contributed by atoms with Gasteiger partial charge in [-0.15, -0.1) is 0 Å². The maximum absolute atomic E-state index is 13.1. The summed E-state index contributed by atoms with van der Waals surface area (Å²) in [5.74, 6) is 1.28. The van der Waals surface area contributed by atoms with Gasteiger partial charge >= 0.3 is 0 Å². The van der Waals surface area contributed by atoms with Gasteiger partial charge in [-0.3, -0.25) is 9.78 Å². The molecule has 0 saturated carbocycles. The summed E-state index contributed by atoms with van der Waals surface area (Å²) in [6.07, 6.45) is 7.09. The Morgan fingerprint density at radius 1 is 1.07 bits per heavy atom. The zero-order valence-corrected chi connectivity index (χ0v) is 16.9. The lowest BCUT2D eigenvalue weighted by molar-refractivity contribution is 0.0581. The molecule has 0 radical (unpaired) electrons. The van der Waals surface area contributed by atoms with Crippen LogP contribution in [0.5, 0.6) is 0 Å². The van der Waals surface area contributed by atoms with Crippen LogP contribution in [0, 0.1) is 0 Å². The van der Waals surface area contributed by atoms with Gasteiger partial charge < -0.3 is 14.4 Å². The maximum Gasteiger partial charge on any atom is 0.289 e. The van der Waals surface area contributed by atoms with Crippen LogP contribution in [-0.4, -0.2) is 63.2 Å². The predicted octanol–water partition coefficient (Wildman–Crippen LogP) is 3.03. The number of halogens is 1. The van der Waals surface area contributed by atoms with Crippen LogP contribution in [-0.2, 0) is 6.54 Å². The van der Waals surface area contributed by atoms with E-state index in [-0.39, 0.29) is 18.4 Å². The van der Waals surface area contributed by atoms with Gasteiger partial charge in [0.15, 0.2) is 11.6 Å². The molecule has 2 aromatic heterocycles. The molecule has 2 fully saturated rings. The van der Waals surface area contributed by atoms with E-state index in [1.165, 1.54) is 19.3 Å². The highest BCUT2D eigenvalue weighted by Crippen LogP contribution is 2.33. The minimum atomic E-state index is -0.540. The lowest BCUT2D eigenvalue weighted by Crippen LogP contribution is -2.50. The van der Waals surface area contributed by atoms with E-state index in [0.29, 0.717) is 24.4 Å². The van der Waals surface area contributed by atoms with E-state index < -0.39 is 6.67 Å². The maximum atomic E-state index is 13.1. The monoisotopic (exact) mass is 408 g/mol. The largest absolute Gasteiger partial charge is 0.355 e. The summed E-state index contributed by atoms with van der Waals surface area (Å²) in [6, 6.07) is 7.48. The Labute approximate surface area is 174 Å². The number of imidazole rings is 1. The van der Waals surface area contributed by atoms with Gasteiger partial charge in [-0.25, -0.2) is 14.4 Å². The van der Waals surface area contributed by atoms with Gasteiger partial charge in [0.1, 0.15) is 6.67 Å². The number of fused-ring (bicyclic) bond motifs is 1. The van der Waals surface area contributed by atoms with Gasteiger partial charge in [0, 0.05) is 44.5 Å². The van der Waals surface area contributed by atoms with E-state index in [1.54, 1.807) is 21.9 Å². The number of carbonyl (C=O) groups excluding carboxylic acids is 1. The summed E-state index contributed by atoms with van der Waals surface area (Å²) in [5.41, 5.74) is 2.48. The van der Waals surface area contributed by atoms with Gasteiger partial charge in [-0.1, -0.05) is 12.1 Å². The van der Waals surface area contributed by atoms with Crippen LogP contribution in [0.4, 0.5) is 10.2 Å². The number of hydrogen-bond donors (Lipinski definition) is 0. The summed E-state index contributed by atoms with van der Waals surface area (Å²) in [6.45, 7) is 2.77. The molecule has 0 bridgehead atoms. The fraction of sp³-hybridized carbons (Fsp3) is 0.455. The zero-order chi connectivity index (χ0) is 20.5. The zero-order valence-electron chi connectivity index (χ0n) is 16.9. The fourth-order valence-electron chi connectivity index (χ4n) is 4.49. The Balaban J connectivity index is 1.35. The molecule has 2 saturated heterocycles. The van der Waals surface area contributed by atoms with Gasteiger partial charge in [0.05, 0.1) is 23.3 Å². The summed E-state index contributed by atoms with van der Waals surface area (Å²) in [7, 11) is 0. The molecule has 7 nitrogen and oxygen atoms in total. The molecule has 5 rings (SSSR count). The van der Waals surface area contributed by atoms with Crippen LogP contribution < -0.4 is 4.90 Å². The van der Waals surface area contributed by atoms with Crippen molar-refractivity contribution in [3.63, 3.8) is 0 Å². The van der Waals surface area contributed by atoms with E-state index in [2.05, 4.69) is 19.9 Å². The second-order valence-electron chi connectivity index (χ2n) is 7.98. The van der Waals surface area contributed by atoms with Crippen LogP contribution in [0.25, 0.3) is 11.0 Å². The molecular weight excluding hydrogens is 383 g/mol. The highest BCUT2D eigenvalue weighted by molar-refractivity contribution is 5.95. The summed E-state index contributed by atoms with van der Waals surface area (Å²) >= 11 is 0. The normalized spacial score (nSPS) is 17.4. The highest BCUT2D eigenvalue weighted by Gasteiger charge is 2.37. The van der Waals surface area contributed by atoms with Crippen molar-refractivity contribution in [2.75, 3.05) is 37.8 Å². The van der Waals surface area contributed by atoms with Crippen LogP contribution in [0.3, 0.4) is 0 Å². The Morgan fingerprint density at radius 2 is 1.83 bits per heavy atom. The van der Waals surface area contributed by atoms with E-state index >= 15 is 0 Å². The van der Waals surface area contributed by atoms with Crippen LogP contribution in [0.1, 0.15) is 41.5 Å². The molecule has 1 amide bonds. The number of carbonyl (C=O) groups is 1. The lowest BCUT2D eigenvalue weighted by Gasteiger charge is -2.40. The summed E-state index contributed by atoms with van der Waals surface area (Å²) in [5, 5.41) is 0. The van der Waals surface area contributed by atoms with Crippen molar-refractivity contribution < 1.29 is 9.18 Å². The van der Waals surface area contributed by atoms with Crippen LogP contribution in [0.2, 0.25) is 0 Å². The number of piperidine rings is 1. The molecule has 0 atom stereocenters. The molecule has 4 heterocycles. The smallest absolute Gasteiger partial charge is 0.289 e. The van der Waals surface area contributed by atoms with Crippen molar-refractivity contribution in [2.24, 2.45) is 0 Å². The third-order valence-corrected chi connectivity index (χ3v) is 6.07. The van der Waals surface area contributed by atoms with Crippen molar-refractivity contribution in [1.82, 2.24) is 24.4 Å². The summed E-state index contributed by atoms with van der Waals surface area (Å²) in [4.78, 5) is 30.9. The molecule has 0 unspecified atom stereocenters. The number of anilines is 1. The van der Waals surface area contributed by atoms with Crippen molar-refractivity contribution in [3.05, 3.63) is 48.2 Å². The van der Waals surface area contributed by atoms with E-state index in [4.69, 9.17) is 0 Å². The molecule has 1 aromatic carbocycles. The fourth-order valence-corrected chi connectivity index (χ4v) is 4.49. The first-order chi connectivity index (χ1) is 14.8. The summed E-state index contributed by atoms with van der Waals surface area (Å²) < 4.78 is 14.8. The minimum absolute atomic E-state index is 0.127. The van der Waals surface area contributed by atoms with E-state index in [9.17, 15) is 9.18 Å². The molecule has 2 aliphatic rings. The van der Waals surface area contributed by atoms with Crippen molar-refractivity contribution >= 4 is 22.8 Å². The number of hydrogen-bond acceptors (Lipinski definition) is 5. The molecule has 3 aromatic rings. The van der Waals surface area contributed by atoms with E-state index in [1.807, 2.05) is 24.3 Å². The van der Waals surface area contributed by atoms with Gasteiger partial charge in [-0.2, -0.15) is 0 Å². The molecule has 2 aliphatic heterocycles. The van der Waals surface area contributed by atoms with Crippen LogP contribution >= 0.6 is 0 Å². The predicted molar refractivity (Wildman–Crippen MR) is 112 cm³/mol.